The van der Waals surface area contributed by atoms with Gasteiger partial charge in [0.15, 0.2) is 0 Å². The van der Waals surface area contributed by atoms with Crippen molar-refractivity contribution in [2.75, 3.05) is 13.1 Å². The molecule has 2 rings (SSSR count). The first-order valence-electron chi connectivity index (χ1n) is 7.26. The maximum atomic E-state index is 12.4. The van der Waals surface area contributed by atoms with Crippen LogP contribution < -0.4 is 5.73 Å². The van der Waals surface area contributed by atoms with Crippen LogP contribution in [0.5, 0.6) is 0 Å². The Kier molecular flexibility index (Phi) is 4.97. The number of aryl methyl sites for hydroxylation is 1. The van der Waals surface area contributed by atoms with Gasteiger partial charge in [0, 0.05) is 12.6 Å². The fourth-order valence-electron chi connectivity index (χ4n) is 2.80. The Bertz CT molecular complexity index is 411. The van der Waals surface area contributed by atoms with E-state index in [4.69, 9.17) is 5.73 Å². The molecular weight excluding hydrogens is 236 g/mol. The second-order valence-corrected chi connectivity index (χ2v) is 5.48. The minimum atomic E-state index is 0.252. The summed E-state index contributed by atoms with van der Waals surface area (Å²) in [4.78, 5) is 14.5. The molecule has 1 heterocycles. The number of hydrogen-bond acceptors (Lipinski definition) is 2. The van der Waals surface area contributed by atoms with E-state index in [-0.39, 0.29) is 5.91 Å². The van der Waals surface area contributed by atoms with Crippen molar-refractivity contribution in [2.24, 2.45) is 5.73 Å². The molecule has 1 aliphatic rings. The molecule has 0 spiro atoms. The van der Waals surface area contributed by atoms with Gasteiger partial charge in [-0.05, 0) is 44.7 Å². The smallest absolute Gasteiger partial charge is 0.227 e. The van der Waals surface area contributed by atoms with Crippen molar-refractivity contribution >= 4 is 5.91 Å². The molecule has 1 unspecified atom stereocenters. The molecule has 1 atom stereocenters. The maximum absolute atomic E-state index is 12.4. The van der Waals surface area contributed by atoms with E-state index in [1.807, 2.05) is 0 Å². The number of likely N-dealkylation sites (tertiary alicyclic amines) is 1. The molecule has 1 aliphatic heterocycles. The second kappa shape index (κ2) is 6.71. The minimum absolute atomic E-state index is 0.252. The van der Waals surface area contributed by atoms with Crippen molar-refractivity contribution < 1.29 is 4.79 Å². The largest absolute Gasteiger partial charge is 0.339 e. The molecule has 0 aliphatic carbocycles. The lowest BCUT2D eigenvalue weighted by molar-refractivity contribution is -0.134. The fourth-order valence-corrected chi connectivity index (χ4v) is 2.80. The highest BCUT2D eigenvalue weighted by Gasteiger charge is 2.25. The number of benzene rings is 1. The number of carbonyl (C=O) groups excluding carboxylic acids is 1. The normalized spacial score (nSPS) is 19.5. The highest BCUT2D eigenvalue weighted by Crippen LogP contribution is 2.20. The summed E-state index contributed by atoms with van der Waals surface area (Å²) in [5.74, 6) is 0.252. The third kappa shape index (κ3) is 3.80. The quantitative estimate of drug-likeness (QED) is 0.902. The molecule has 1 saturated heterocycles. The summed E-state index contributed by atoms with van der Waals surface area (Å²) in [7, 11) is 0. The summed E-state index contributed by atoms with van der Waals surface area (Å²) < 4.78 is 0. The molecule has 3 nitrogen and oxygen atoms in total. The SMILES string of the molecule is Cc1ccc(CC(=O)N2CCCCC2CCN)cc1. The first-order valence-corrected chi connectivity index (χ1v) is 7.26. The van der Waals surface area contributed by atoms with Crippen molar-refractivity contribution in [1.29, 1.82) is 0 Å². The molecule has 3 heteroatoms. The number of hydrogen-bond donors (Lipinski definition) is 1. The highest BCUT2D eigenvalue weighted by atomic mass is 16.2. The van der Waals surface area contributed by atoms with Gasteiger partial charge < -0.3 is 10.6 Å². The monoisotopic (exact) mass is 260 g/mol. The van der Waals surface area contributed by atoms with Gasteiger partial charge in [-0.25, -0.2) is 0 Å². The van der Waals surface area contributed by atoms with Crippen LogP contribution >= 0.6 is 0 Å². The van der Waals surface area contributed by atoms with Crippen LogP contribution in [-0.2, 0) is 11.2 Å². The van der Waals surface area contributed by atoms with E-state index >= 15 is 0 Å². The number of piperidine rings is 1. The zero-order valence-electron chi connectivity index (χ0n) is 11.8. The predicted octanol–water partition coefficient (Wildman–Crippen LogP) is 2.27. The lowest BCUT2D eigenvalue weighted by Crippen LogP contribution is -2.45. The van der Waals surface area contributed by atoms with Crippen molar-refractivity contribution in [3.8, 4) is 0 Å². The molecule has 104 valence electrons. The third-order valence-corrected chi connectivity index (χ3v) is 3.92. The molecule has 1 aromatic carbocycles. The summed E-state index contributed by atoms with van der Waals surface area (Å²) in [6.07, 6.45) is 4.90. The summed E-state index contributed by atoms with van der Waals surface area (Å²) in [6.45, 7) is 3.63. The zero-order valence-corrected chi connectivity index (χ0v) is 11.8. The number of nitrogens with zero attached hydrogens (tertiary/aromatic N) is 1. The van der Waals surface area contributed by atoms with E-state index in [0.717, 1.165) is 31.4 Å². The van der Waals surface area contributed by atoms with Crippen LogP contribution in [0.4, 0.5) is 0 Å². The first-order chi connectivity index (χ1) is 9.20. The maximum Gasteiger partial charge on any atom is 0.227 e. The summed E-state index contributed by atoms with van der Waals surface area (Å²) in [6, 6.07) is 8.59. The molecule has 1 aromatic rings. The highest BCUT2D eigenvalue weighted by molar-refractivity contribution is 5.79. The van der Waals surface area contributed by atoms with E-state index in [1.165, 1.54) is 12.0 Å². The van der Waals surface area contributed by atoms with E-state index in [9.17, 15) is 4.79 Å². The molecule has 0 radical (unpaired) electrons. The number of carbonyl (C=O) groups is 1. The molecule has 1 amide bonds. The first kappa shape index (κ1) is 14.1. The Hall–Kier alpha value is -1.35. The zero-order chi connectivity index (χ0) is 13.7. The molecule has 0 aromatic heterocycles. The average molecular weight is 260 g/mol. The molecule has 0 bridgehead atoms. The van der Waals surface area contributed by atoms with Crippen LogP contribution in [-0.4, -0.2) is 29.9 Å². The van der Waals surface area contributed by atoms with Crippen molar-refractivity contribution in [1.82, 2.24) is 4.90 Å². The Labute approximate surface area is 115 Å². The Morgan fingerprint density at radius 3 is 2.74 bits per heavy atom. The van der Waals surface area contributed by atoms with E-state index in [2.05, 4.69) is 36.1 Å². The van der Waals surface area contributed by atoms with Gasteiger partial charge in [-0.1, -0.05) is 29.8 Å². The summed E-state index contributed by atoms with van der Waals surface area (Å²) in [5.41, 5.74) is 7.99. The van der Waals surface area contributed by atoms with Crippen LogP contribution in [0.25, 0.3) is 0 Å². The van der Waals surface area contributed by atoms with Crippen LogP contribution in [0.2, 0.25) is 0 Å². The van der Waals surface area contributed by atoms with Gasteiger partial charge in [-0.3, -0.25) is 4.79 Å². The average Bonchev–Trinajstić information content (AvgIpc) is 2.42. The Morgan fingerprint density at radius 2 is 2.05 bits per heavy atom. The topological polar surface area (TPSA) is 46.3 Å². The van der Waals surface area contributed by atoms with Gasteiger partial charge in [-0.15, -0.1) is 0 Å². The van der Waals surface area contributed by atoms with Crippen LogP contribution in [0.3, 0.4) is 0 Å². The third-order valence-electron chi connectivity index (χ3n) is 3.92. The number of amides is 1. The van der Waals surface area contributed by atoms with E-state index in [0.29, 0.717) is 19.0 Å². The summed E-state index contributed by atoms with van der Waals surface area (Å²) >= 11 is 0. The van der Waals surface area contributed by atoms with E-state index < -0.39 is 0 Å². The minimum Gasteiger partial charge on any atom is -0.339 e. The van der Waals surface area contributed by atoms with Gasteiger partial charge in [0.05, 0.1) is 6.42 Å². The molecule has 1 fully saturated rings. The van der Waals surface area contributed by atoms with Gasteiger partial charge in [0.25, 0.3) is 0 Å². The van der Waals surface area contributed by atoms with Crippen molar-refractivity contribution in [3.63, 3.8) is 0 Å². The van der Waals surface area contributed by atoms with E-state index in [1.54, 1.807) is 0 Å². The lowest BCUT2D eigenvalue weighted by Gasteiger charge is -2.35. The van der Waals surface area contributed by atoms with Gasteiger partial charge in [0.2, 0.25) is 5.91 Å². The van der Waals surface area contributed by atoms with Crippen LogP contribution in [0.15, 0.2) is 24.3 Å². The summed E-state index contributed by atoms with van der Waals surface area (Å²) in [5, 5.41) is 0. The fraction of sp³-hybridized carbons (Fsp3) is 0.562. The lowest BCUT2D eigenvalue weighted by atomic mass is 9.98. The Morgan fingerprint density at radius 1 is 1.32 bits per heavy atom. The van der Waals surface area contributed by atoms with Crippen molar-refractivity contribution in [3.05, 3.63) is 35.4 Å². The van der Waals surface area contributed by atoms with Crippen LogP contribution in [0.1, 0.15) is 36.8 Å². The standard InChI is InChI=1S/C16H24N2O/c1-13-5-7-14(8-6-13)12-16(19)18-11-3-2-4-15(18)9-10-17/h5-8,15H,2-4,9-12,17H2,1H3. The van der Waals surface area contributed by atoms with Gasteiger partial charge in [-0.2, -0.15) is 0 Å². The van der Waals surface area contributed by atoms with Crippen molar-refractivity contribution in [2.45, 2.75) is 45.1 Å². The molecule has 2 N–H and O–H groups in total. The Balaban J connectivity index is 1.99. The molecular formula is C16H24N2O. The van der Waals surface area contributed by atoms with Crippen LogP contribution in [0, 0.1) is 6.92 Å². The number of nitrogens with two attached hydrogens (primary N) is 1. The number of rotatable bonds is 4. The van der Waals surface area contributed by atoms with Gasteiger partial charge in [0.1, 0.15) is 0 Å². The molecule has 0 saturated carbocycles. The van der Waals surface area contributed by atoms with Gasteiger partial charge >= 0.3 is 0 Å². The predicted molar refractivity (Wildman–Crippen MR) is 77.9 cm³/mol. The second-order valence-electron chi connectivity index (χ2n) is 5.48. The molecule has 19 heavy (non-hydrogen) atoms.